The normalized spacial score (nSPS) is 13.1. The molecule has 0 amide bonds. The van der Waals surface area contributed by atoms with Crippen LogP contribution in [0.4, 0.5) is 17.1 Å². The summed E-state index contributed by atoms with van der Waals surface area (Å²) in [7, 11) is 0. The number of benzene rings is 7. The number of hydrogen-bond donors (Lipinski definition) is 0. The summed E-state index contributed by atoms with van der Waals surface area (Å²) in [6.07, 6.45) is 0. The molecular formula is C45H33NS. The maximum Gasteiger partial charge on any atom is 0.0468 e. The molecular weight excluding hydrogens is 587 g/mol. The second-order valence-corrected chi connectivity index (χ2v) is 14.1. The lowest BCUT2D eigenvalue weighted by molar-refractivity contribution is 0.667. The Labute approximate surface area is 280 Å². The molecule has 1 heterocycles. The molecule has 0 atom stereocenters. The van der Waals surface area contributed by atoms with Crippen LogP contribution >= 0.6 is 11.3 Å². The van der Waals surface area contributed by atoms with E-state index in [9.17, 15) is 0 Å². The van der Waals surface area contributed by atoms with E-state index in [-0.39, 0.29) is 5.41 Å². The molecule has 47 heavy (non-hydrogen) atoms. The van der Waals surface area contributed by atoms with Gasteiger partial charge in [0.05, 0.1) is 0 Å². The molecule has 1 aromatic heterocycles. The molecule has 224 valence electrons. The third kappa shape index (κ3) is 4.52. The zero-order valence-electron chi connectivity index (χ0n) is 26.4. The van der Waals surface area contributed by atoms with Crippen molar-refractivity contribution in [1.82, 2.24) is 0 Å². The fraction of sp³-hybridized carbons (Fsp3) is 0.0667. The lowest BCUT2D eigenvalue weighted by atomic mass is 9.80. The molecule has 0 unspecified atom stereocenters. The van der Waals surface area contributed by atoms with Gasteiger partial charge in [0.25, 0.3) is 0 Å². The summed E-state index contributed by atoms with van der Waals surface area (Å²) in [5.41, 5.74) is 13.7. The Hall–Kier alpha value is -5.44. The molecule has 1 aliphatic carbocycles. The lowest BCUT2D eigenvalue weighted by Gasteiger charge is -2.27. The van der Waals surface area contributed by atoms with Gasteiger partial charge in [-0.3, -0.25) is 0 Å². The Morgan fingerprint density at radius 3 is 1.60 bits per heavy atom. The van der Waals surface area contributed by atoms with E-state index in [1.807, 2.05) is 11.3 Å². The molecule has 0 spiro atoms. The molecule has 8 aromatic rings. The van der Waals surface area contributed by atoms with Crippen molar-refractivity contribution in [2.75, 3.05) is 4.90 Å². The summed E-state index contributed by atoms with van der Waals surface area (Å²) in [4.78, 5) is 2.40. The van der Waals surface area contributed by atoms with Crippen molar-refractivity contribution >= 4 is 48.6 Å². The van der Waals surface area contributed by atoms with Gasteiger partial charge in [-0.2, -0.15) is 0 Å². The lowest BCUT2D eigenvalue weighted by Crippen LogP contribution is -2.16. The first-order valence-corrected chi connectivity index (χ1v) is 17.1. The highest BCUT2D eigenvalue weighted by atomic mass is 32.1. The molecule has 0 saturated carbocycles. The van der Waals surface area contributed by atoms with Gasteiger partial charge in [-0.15, -0.1) is 11.3 Å². The zero-order chi connectivity index (χ0) is 31.5. The van der Waals surface area contributed by atoms with Crippen molar-refractivity contribution in [3.05, 3.63) is 175 Å². The van der Waals surface area contributed by atoms with Crippen LogP contribution in [-0.4, -0.2) is 0 Å². The van der Waals surface area contributed by atoms with Crippen molar-refractivity contribution in [3.8, 4) is 33.4 Å². The van der Waals surface area contributed by atoms with Crippen LogP contribution in [0.25, 0.3) is 53.6 Å². The zero-order valence-corrected chi connectivity index (χ0v) is 27.3. The Balaban J connectivity index is 1.20. The van der Waals surface area contributed by atoms with Crippen LogP contribution < -0.4 is 4.90 Å². The van der Waals surface area contributed by atoms with E-state index in [1.165, 1.54) is 64.7 Å². The Kier molecular flexibility index (Phi) is 6.41. The molecule has 7 aromatic carbocycles. The Morgan fingerprint density at radius 1 is 0.447 bits per heavy atom. The highest BCUT2D eigenvalue weighted by molar-refractivity contribution is 7.25. The molecule has 0 fully saturated rings. The highest BCUT2D eigenvalue weighted by Crippen LogP contribution is 2.55. The van der Waals surface area contributed by atoms with Gasteiger partial charge in [0, 0.05) is 42.6 Å². The first kappa shape index (κ1) is 27.8. The SMILES string of the molecule is CC1(C)c2ccc(N(c3ccc(-c4ccccc4)cc3)c3ccc(-c4ccccc4)cc3)cc2-c2ccc3sc4ccccc4c3c21. The predicted octanol–water partition coefficient (Wildman–Crippen LogP) is 13.2. The number of thiophene rings is 1. The first-order valence-electron chi connectivity index (χ1n) is 16.3. The predicted molar refractivity (Wildman–Crippen MR) is 202 cm³/mol. The summed E-state index contributed by atoms with van der Waals surface area (Å²) in [6, 6.07) is 59.8. The molecule has 1 aliphatic rings. The maximum absolute atomic E-state index is 2.42. The van der Waals surface area contributed by atoms with Crippen LogP contribution in [0.5, 0.6) is 0 Å². The Morgan fingerprint density at radius 2 is 0.979 bits per heavy atom. The van der Waals surface area contributed by atoms with Crippen LogP contribution in [-0.2, 0) is 5.41 Å². The van der Waals surface area contributed by atoms with Gasteiger partial charge < -0.3 is 4.90 Å². The molecule has 1 nitrogen and oxygen atoms in total. The number of hydrogen-bond acceptors (Lipinski definition) is 2. The van der Waals surface area contributed by atoms with Gasteiger partial charge in [0.2, 0.25) is 0 Å². The molecule has 0 N–H and O–H groups in total. The van der Waals surface area contributed by atoms with Gasteiger partial charge in [-0.1, -0.05) is 129 Å². The third-order valence-electron chi connectivity index (χ3n) is 9.86. The fourth-order valence-corrected chi connectivity index (χ4v) is 8.69. The van der Waals surface area contributed by atoms with Gasteiger partial charge >= 0.3 is 0 Å². The molecule has 0 aliphatic heterocycles. The molecule has 0 radical (unpaired) electrons. The fourth-order valence-electron chi connectivity index (χ4n) is 7.58. The van der Waals surface area contributed by atoms with Crippen molar-refractivity contribution in [1.29, 1.82) is 0 Å². The topological polar surface area (TPSA) is 3.24 Å². The molecule has 0 bridgehead atoms. The van der Waals surface area contributed by atoms with E-state index in [2.05, 4.69) is 183 Å². The van der Waals surface area contributed by atoms with Crippen molar-refractivity contribution in [2.24, 2.45) is 0 Å². The van der Waals surface area contributed by atoms with Crippen LogP contribution in [0, 0.1) is 0 Å². The summed E-state index contributed by atoms with van der Waals surface area (Å²) in [5, 5.41) is 2.78. The van der Waals surface area contributed by atoms with E-state index in [0.29, 0.717) is 0 Å². The molecule has 0 saturated heterocycles. The average molecular weight is 620 g/mol. The van der Waals surface area contributed by atoms with E-state index in [1.54, 1.807) is 0 Å². The van der Waals surface area contributed by atoms with E-state index in [4.69, 9.17) is 0 Å². The largest absolute Gasteiger partial charge is 0.310 e. The maximum atomic E-state index is 2.42. The Bertz CT molecular complexity index is 2320. The average Bonchev–Trinajstić information content (AvgIpc) is 3.61. The van der Waals surface area contributed by atoms with Gasteiger partial charge in [-0.25, -0.2) is 0 Å². The van der Waals surface area contributed by atoms with Gasteiger partial charge in [0.15, 0.2) is 0 Å². The van der Waals surface area contributed by atoms with Crippen LogP contribution in [0.3, 0.4) is 0 Å². The second-order valence-electron chi connectivity index (χ2n) is 13.0. The first-order chi connectivity index (χ1) is 23.1. The van der Waals surface area contributed by atoms with Crippen LogP contribution in [0.2, 0.25) is 0 Å². The number of nitrogens with zero attached hydrogens (tertiary/aromatic N) is 1. The summed E-state index contributed by atoms with van der Waals surface area (Å²) in [6.45, 7) is 4.79. The summed E-state index contributed by atoms with van der Waals surface area (Å²) >= 11 is 1.90. The number of rotatable bonds is 5. The molecule has 2 heteroatoms. The molecule has 9 rings (SSSR count). The monoisotopic (exact) mass is 619 g/mol. The van der Waals surface area contributed by atoms with E-state index < -0.39 is 0 Å². The third-order valence-corrected chi connectivity index (χ3v) is 11.0. The van der Waals surface area contributed by atoms with Crippen LogP contribution in [0.1, 0.15) is 25.0 Å². The van der Waals surface area contributed by atoms with Gasteiger partial charge in [0.1, 0.15) is 0 Å². The summed E-state index contributed by atoms with van der Waals surface area (Å²) < 4.78 is 2.72. The van der Waals surface area contributed by atoms with Crippen molar-refractivity contribution in [2.45, 2.75) is 19.3 Å². The second kappa shape index (κ2) is 10.8. The van der Waals surface area contributed by atoms with Crippen molar-refractivity contribution in [3.63, 3.8) is 0 Å². The number of fused-ring (bicyclic) bond motifs is 7. The summed E-state index contributed by atoms with van der Waals surface area (Å²) in [5.74, 6) is 0. The highest BCUT2D eigenvalue weighted by Gasteiger charge is 2.38. The smallest absolute Gasteiger partial charge is 0.0468 e. The van der Waals surface area contributed by atoms with E-state index in [0.717, 1.165) is 17.1 Å². The number of anilines is 3. The van der Waals surface area contributed by atoms with Gasteiger partial charge in [-0.05, 0) is 93.0 Å². The minimum atomic E-state index is -0.105. The van der Waals surface area contributed by atoms with E-state index >= 15 is 0 Å². The standard InChI is InChI=1S/C45H33NS/c1-45(2)40-27-25-36(29-39(40)37-26-28-42-43(44(37)45)38-15-9-10-16-41(38)47-42)46(34-21-17-32(18-22-34)30-11-5-3-6-12-30)35-23-19-33(20-24-35)31-13-7-4-8-14-31/h3-29H,1-2H3. The minimum absolute atomic E-state index is 0.105. The quantitative estimate of drug-likeness (QED) is 0.185. The minimum Gasteiger partial charge on any atom is -0.310 e. The van der Waals surface area contributed by atoms with Crippen molar-refractivity contribution < 1.29 is 0 Å². The van der Waals surface area contributed by atoms with Crippen LogP contribution in [0.15, 0.2) is 164 Å².